The van der Waals surface area contributed by atoms with Crippen molar-refractivity contribution in [1.29, 1.82) is 0 Å². The van der Waals surface area contributed by atoms with Gasteiger partial charge in [0, 0.05) is 25.5 Å². The van der Waals surface area contributed by atoms with E-state index in [1.165, 1.54) is 15.9 Å². The summed E-state index contributed by atoms with van der Waals surface area (Å²) in [5, 5.41) is 0.475. The Kier molecular flexibility index (Phi) is 4.30. The zero-order valence-electron chi connectivity index (χ0n) is 15.8. The first-order valence-electron chi connectivity index (χ1n) is 8.76. The summed E-state index contributed by atoms with van der Waals surface area (Å²) < 4.78 is 5.22. The molecular weight excluding hydrogens is 382 g/mol. The number of guanidine groups is 1. The number of hydrogen-bond donors (Lipinski definition) is 0. The molecule has 1 aromatic rings. The molecule has 1 fully saturated rings. The first kappa shape index (κ1) is 18.4. The number of carbonyl (C=O) groups is 2. The molecule has 9 heteroatoms. The van der Waals surface area contributed by atoms with Crippen LogP contribution in [0, 0.1) is 0 Å². The quantitative estimate of drug-likeness (QED) is 0.725. The van der Waals surface area contributed by atoms with Gasteiger partial charge in [-0.2, -0.15) is 0 Å². The third-order valence-electron chi connectivity index (χ3n) is 5.09. The van der Waals surface area contributed by atoms with Crippen molar-refractivity contribution in [2.75, 3.05) is 25.6 Å². The van der Waals surface area contributed by atoms with Gasteiger partial charge in [-0.25, -0.2) is 9.79 Å². The number of amides is 3. The Labute approximate surface area is 167 Å². The van der Waals surface area contributed by atoms with Gasteiger partial charge in [-0.05, 0) is 25.1 Å². The van der Waals surface area contributed by atoms with E-state index >= 15 is 0 Å². The third kappa shape index (κ3) is 2.48. The Balaban J connectivity index is 1.72. The lowest BCUT2D eigenvalue weighted by atomic mass is 10.1. The molecule has 0 bridgehead atoms. The number of urea groups is 1. The maximum absolute atomic E-state index is 13.0. The Hall–Kier alpha value is -3.00. The fourth-order valence-corrected chi connectivity index (χ4v) is 4.02. The van der Waals surface area contributed by atoms with Gasteiger partial charge in [-0.1, -0.05) is 17.7 Å². The molecular formula is C19H20ClN5O3. The van der Waals surface area contributed by atoms with E-state index < -0.39 is 12.2 Å². The lowest BCUT2D eigenvalue weighted by Crippen LogP contribution is -2.64. The van der Waals surface area contributed by atoms with Gasteiger partial charge < -0.3 is 14.5 Å². The standard InChI is InChI=1S/C19H20ClN5O3/c1-5-8-23-17(26)15-16(22(3)19(23)27)21-18-24(15)10-11(2)25(18)12-6-7-14(28-4)13(20)9-12/h5-7,9-10,15-16H,1,8H2,2-4H3. The molecule has 4 rings (SSSR count). The molecule has 0 N–H and O–H groups in total. The van der Waals surface area contributed by atoms with Gasteiger partial charge in [-0.15, -0.1) is 6.58 Å². The second-order valence-corrected chi connectivity index (χ2v) is 7.16. The number of anilines is 1. The number of rotatable bonds is 4. The van der Waals surface area contributed by atoms with E-state index in [1.807, 2.05) is 29.0 Å². The smallest absolute Gasteiger partial charge is 0.328 e. The van der Waals surface area contributed by atoms with Crippen molar-refractivity contribution >= 4 is 35.2 Å². The van der Waals surface area contributed by atoms with Crippen LogP contribution >= 0.6 is 11.6 Å². The zero-order chi connectivity index (χ0) is 20.2. The van der Waals surface area contributed by atoms with Gasteiger partial charge >= 0.3 is 6.03 Å². The minimum absolute atomic E-state index is 0.162. The highest BCUT2D eigenvalue weighted by atomic mass is 35.5. The van der Waals surface area contributed by atoms with Gasteiger partial charge in [0.2, 0.25) is 5.96 Å². The van der Waals surface area contributed by atoms with Crippen LogP contribution in [0.5, 0.6) is 5.75 Å². The summed E-state index contributed by atoms with van der Waals surface area (Å²) in [6.45, 7) is 5.73. The monoisotopic (exact) mass is 401 g/mol. The fourth-order valence-electron chi connectivity index (χ4n) is 3.76. The molecule has 28 heavy (non-hydrogen) atoms. The number of ether oxygens (including phenoxy) is 1. The number of nitrogens with zero attached hydrogens (tertiary/aromatic N) is 5. The summed E-state index contributed by atoms with van der Waals surface area (Å²) in [6, 6.07) is 4.45. The molecule has 0 radical (unpaired) electrons. The molecule has 3 aliphatic heterocycles. The van der Waals surface area contributed by atoms with Crippen LogP contribution < -0.4 is 9.64 Å². The summed E-state index contributed by atoms with van der Waals surface area (Å²) >= 11 is 6.29. The van der Waals surface area contributed by atoms with Crippen LogP contribution in [0.2, 0.25) is 5.02 Å². The number of hydrogen-bond acceptors (Lipinski definition) is 6. The molecule has 2 unspecified atom stereocenters. The number of carbonyl (C=O) groups excluding carboxylic acids is 2. The molecule has 1 aromatic carbocycles. The van der Waals surface area contributed by atoms with E-state index in [-0.39, 0.29) is 18.5 Å². The maximum Gasteiger partial charge on any atom is 0.328 e. The minimum Gasteiger partial charge on any atom is -0.495 e. The van der Waals surface area contributed by atoms with Crippen LogP contribution in [0.3, 0.4) is 0 Å². The lowest BCUT2D eigenvalue weighted by Gasteiger charge is -2.39. The number of likely N-dealkylation sites (N-methyl/N-ethyl adjacent to an activating group) is 1. The molecule has 0 aliphatic carbocycles. The highest BCUT2D eigenvalue weighted by molar-refractivity contribution is 6.32. The second kappa shape index (κ2) is 6.56. The molecule has 2 atom stereocenters. The number of halogens is 1. The number of benzene rings is 1. The Morgan fingerprint density at radius 3 is 2.75 bits per heavy atom. The van der Waals surface area contributed by atoms with Gasteiger partial charge in [0.25, 0.3) is 5.91 Å². The number of fused-ring (bicyclic) bond motifs is 3. The molecule has 146 valence electrons. The van der Waals surface area contributed by atoms with Crippen LogP contribution in [-0.2, 0) is 4.79 Å². The van der Waals surface area contributed by atoms with Crippen LogP contribution in [0.25, 0.3) is 0 Å². The Bertz CT molecular complexity index is 943. The molecule has 3 aliphatic rings. The number of imide groups is 1. The average molecular weight is 402 g/mol. The van der Waals surface area contributed by atoms with Crippen LogP contribution in [-0.4, -0.2) is 65.5 Å². The normalized spacial score (nSPS) is 23.6. The number of allylic oxidation sites excluding steroid dienone is 1. The van der Waals surface area contributed by atoms with E-state index in [9.17, 15) is 9.59 Å². The summed E-state index contributed by atoms with van der Waals surface area (Å²) in [7, 11) is 3.21. The Morgan fingerprint density at radius 2 is 2.11 bits per heavy atom. The van der Waals surface area contributed by atoms with Gasteiger partial charge in [-0.3, -0.25) is 14.6 Å². The SMILES string of the molecule is C=CCN1C(=O)C2C(N=C3N(c4ccc(OC)c(Cl)c4)C(C)=CN32)N(C)C1=O. The Morgan fingerprint density at radius 1 is 1.36 bits per heavy atom. The van der Waals surface area contributed by atoms with Gasteiger partial charge in [0.1, 0.15) is 5.75 Å². The fraction of sp³-hybridized carbons (Fsp3) is 0.316. The number of methoxy groups -OCH3 is 1. The van der Waals surface area contributed by atoms with Gasteiger partial charge in [0.05, 0.1) is 17.8 Å². The van der Waals surface area contributed by atoms with Crippen molar-refractivity contribution < 1.29 is 14.3 Å². The minimum atomic E-state index is -0.605. The van der Waals surface area contributed by atoms with Crippen molar-refractivity contribution in [3.63, 3.8) is 0 Å². The molecule has 0 spiro atoms. The van der Waals surface area contributed by atoms with E-state index in [0.29, 0.717) is 16.7 Å². The predicted octanol–water partition coefficient (Wildman–Crippen LogP) is 2.48. The molecule has 3 amide bonds. The van der Waals surface area contributed by atoms with E-state index in [2.05, 4.69) is 6.58 Å². The molecule has 0 saturated carbocycles. The summed E-state index contributed by atoms with van der Waals surface area (Å²) in [4.78, 5) is 36.7. The summed E-state index contributed by atoms with van der Waals surface area (Å²) in [6.07, 6.45) is 2.82. The van der Waals surface area contributed by atoms with E-state index in [4.69, 9.17) is 21.3 Å². The summed E-state index contributed by atoms with van der Waals surface area (Å²) in [5.74, 6) is 0.873. The predicted molar refractivity (Wildman–Crippen MR) is 106 cm³/mol. The zero-order valence-corrected chi connectivity index (χ0v) is 16.6. The first-order valence-corrected chi connectivity index (χ1v) is 9.14. The topological polar surface area (TPSA) is 68.7 Å². The van der Waals surface area contributed by atoms with Crippen LogP contribution in [0.4, 0.5) is 10.5 Å². The molecule has 0 aromatic heterocycles. The highest BCUT2D eigenvalue weighted by Crippen LogP contribution is 2.38. The van der Waals surface area contributed by atoms with Crippen LogP contribution in [0.1, 0.15) is 6.92 Å². The lowest BCUT2D eigenvalue weighted by molar-refractivity contribution is -0.136. The average Bonchev–Trinajstić information content (AvgIpc) is 3.18. The maximum atomic E-state index is 13.0. The van der Waals surface area contributed by atoms with Gasteiger partial charge in [0.15, 0.2) is 12.2 Å². The van der Waals surface area contributed by atoms with Crippen molar-refractivity contribution in [3.8, 4) is 5.75 Å². The number of aliphatic imine (C=N–C) groups is 1. The largest absolute Gasteiger partial charge is 0.495 e. The van der Waals surface area contributed by atoms with Crippen molar-refractivity contribution in [2.45, 2.75) is 19.1 Å². The molecule has 1 saturated heterocycles. The van der Waals surface area contributed by atoms with Crippen LogP contribution in [0.15, 0.2) is 47.7 Å². The third-order valence-corrected chi connectivity index (χ3v) is 5.39. The molecule has 3 heterocycles. The molecule has 8 nitrogen and oxygen atoms in total. The highest BCUT2D eigenvalue weighted by Gasteiger charge is 2.54. The van der Waals surface area contributed by atoms with Crippen molar-refractivity contribution in [2.24, 2.45) is 4.99 Å². The summed E-state index contributed by atoms with van der Waals surface area (Å²) in [5.41, 5.74) is 1.69. The first-order chi connectivity index (χ1) is 13.4. The van der Waals surface area contributed by atoms with Crippen molar-refractivity contribution in [3.05, 3.63) is 47.8 Å². The van der Waals surface area contributed by atoms with E-state index in [1.54, 1.807) is 26.3 Å². The second-order valence-electron chi connectivity index (χ2n) is 6.75. The van der Waals surface area contributed by atoms with Crippen molar-refractivity contribution in [1.82, 2.24) is 14.7 Å². The van der Waals surface area contributed by atoms with E-state index in [0.717, 1.165) is 11.4 Å².